The molecule has 0 fully saturated rings. The molecule has 0 saturated heterocycles. The van der Waals surface area contributed by atoms with Crippen molar-refractivity contribution in [3.63, 3.8) is 0 Å². The van der Waals surface area contributed by atoms with Crippen molar-refractivity contribution in [1.82, 2.24) is 5.32 Å². The highest BCUT2D eigenvalue weighted by Gasteiger charge is 2.42. The fourth-order valence-corrected chi connectivity index (χ4v) is 1.52. The molecule has 0 aliphatic carbocycles. The minimum atomic E-state index is -4.60. The third kappa shape index (κ3) is 4.12. The Balaban J connectivity index is 2.97. The first-order valence-electron chi connectivity index (χ1n) is 5.83. The topological polar surface area (TPSA) is 47.6 Å². The maximum Gasteiger partial charge on any atom is 0.412 e. The number of carbonyl (C=O) groups excluding carboxylic acids is 1. The third-order valence-corrected chi connectivity index (χ3v) is 2.79. The van der Waals surface area contributed by atoms with Crippen LogP contribution in [0.5, 0.6) is 5.75 Å². The van der Waals surface area contributed by atoms with Gasteiger partial charge in [0.15, 0.2) is 6.04 Å². The lowest BCUT2D eigenvalue weighted by Gasteiger charge is -2.23. The zero-order valence-electron chi connectivity index (χ0n) is 11.3. The molecule has 1 amide bonds. The van der Waals surface area contributed by atoms with Crippen LogP contribution in [0, 0.1) is 0 Å². The molecule has 1 aromatic carbocycles. The van der Waals surface area contributed by atoms with E-state index in [-0.39, 0.29) is 5.56 Å². The molecule has 0 radical (unpaired) electrons. The monoisotopic (exact) mass is 291 g/mol. The Hall–Kier alpha value is -1.76. The number of carbonyl (C=O) groups is 1. The molecule has 0 saturated carbocycles. The van der Waals surface area contributed by atoms with Gasteiger partial charge in [0, 0.05) is 7.11 Å². The number of rotatable bonds is 5. The van der Waals surface area contributed by atoms with Crippen molar-refractivity contribution >= 4 is 5.91 Å². The zero-order valence-corrected chi connectivity index (χ0v) is 11.3. The van der Waals surface area contributed by atoms with E-state index in [9.17, 15) is 18.0 Å². The van der Waals surface area contributed by atoms with Gasteiger partial charge in [-0.25, -0.2) is 0 Å². The van der Waals surface area contributed by atoms with Gasteiger partial charge in [-0.15, -0.1) is 0 Å². The molecule has 20 heavy (non-hydrogen) atoms. The Morgan fingerprint density at radius 3 is 2.15 bits per heavy atom. The highest BCUT2D eigenvalue weighted by molar-refractivity contribution is 5.80. The Kier molecular flexibility index (Phi) is 5.38. The minimum Gasteiger partial charge on any atom is -0.497 e. The van der Waals surface area contributed by atoms with E-state index in [1.807, 2.05) is 5.32 Å². The fourth-order valence-electron chi connectivity index (χ4n) is 1.52. The van der Waals surface area contributed by atoms with Crippen molar-refractivity contribution in [2.75, 3.05) is 14.2 Å². The Labute approximate surface area is 114 Å². The van der Waals surface area contributed by atoms with E-state index in [0.717, 1.165) is 0 Å². The smallest absolute Gasteiger partial charge is 0.412 e. The number of hydrogen-bond acceptors (Lipinski definition) is 3. The van der Waals surface area contributed by atoms with Crippen LogP contribution in [0.25, 0.3) is 0 Å². The average Bonchev–Trinajstić information content (AvgIpc) is 2.42. The van der Waals surface area contributed by atoms with E-state index in [0.29, 0.717) is 5.75 Å². The number of hydrogen-bond donors (Lipinski definition) is 1. The molecule has 7 heteroatoms. The molecular weight excluding hydrogens is 275 g/mol. The van der Waals surface area contributed by atoms with Gasteiger partial charge in [0.25, 0.3) is 0 Å². The first-order valence-corrected chi connectivity index (χ1v) is 5.83. The second-order valence-electron chi connectivity index (χ2n) is 4.13. The van der Waals surface area contributed by atoms with Crippen LogP contribution in [0.1, 0.15) is 18.5 Å². The second kappa shape index (κ2) is 6.60. The summed E-state index contributed by atoms with van der Waals surface area (Å²) < 4.78 is 48.7. The number of methoxy groups -OCH3 is 2. The highest BCUT2D eigenvalue weighted by Crippen LogP contribution is 2.33. The summed E-state index contributed by atoms with van der Waals surface area (Å²) in [6.07, 6.45) is -5.56. The molecule has 0 heterocycles. The van der Waals surface area contributed by atoms with Crippen LogP contribution in [0.2, 0.25) is 0 Å². The quantitative estimate of drug-likeness (QED) is 0.906. The molecule has 1 rings (SSSR count). The van der Waals surface area contributed by atoms with Crippen molar-refractivity contribution in [2.45, 2.75) is 25.2 Å². The van der Waals surface area contributed by atoms with Crippen LogP contribution in [0.15, 0.2) is 24.3 Å². The van der Waals surface area contributed by atoms with Gasteiger partial charge in [0.05, 0.1) is 7.11 Å². The summed E-state index contributed by atoms with van der Waals surface area (Å²) in [7, 11) is 2.67. The first kappa shape index (κ1) is 16.3. The number of benzene rings is 1. The predicted molar refractivity (Wildman–Crippen MR) is 66.4 cm³/mol. The van der Waals surface area contributed by atoms with Crippen molar-refractivity contribution < 1.29 is 27.4 Å². The largest absolute Gasteiger partial charge is 0.497 e. The maximum atomic E-state index is 13.0. The lowest BCUT2D eigenvalue weighted by molar-refractivity contribution is -0.166. The van der Waals surface area contributed by atoms with Gasteiger partial charge >= 0.3 is 6.18 Å². The highest BCUT2D eigenvalue weighted by atomic mass is 19.4. The van der Waals surface area contributed by atoms with Crippen LogP contribution in [0.3, 0.4) is 0 Å². The minimum absolute atomic E-state index is 0.0741. The van der Waals surface area contributed by atoms with Crippen LogP contribution in [-0.2, 0) is 9.53 Å². The average molecular weight is 291 g/mol. The summed E-state index contributed by atoms with van der Waals surface area (Å²) >= 11 is 0. The van der Waals surface area contributed by atoms with E-state index in [1.54, 1.807) is 0 Å². The molecule has 0 bridgehead atoms. The molecule has 1 aromatic rings. The molecule has 4 nitrogen and oxygen atoms in total. The van der Waals surface area contributed by atoms with E-state index in [1.165, 1.54) is 45.4 Å². The summed E-state index contributed by atoms with van der Waals surface area (Å²) in [6, 6.07) is 3.24. The van der Waals surface area contributed by atoms with Gasteiger partial charge in [0.1, 0.15) is 11.9 Å². The Morgan fingerprint density at radius 2 is 1.75 bits per heavy atom. The molecule has 0 aliphatic heterocycles. The van der Waals surface area contributed by atoms with Crippen molar-refractivity contribution in [1.29, 1.82) is 0 Å². The molecule has 1 N–H and O–H groups in total. The van der Waals surface area contributed by atoms with E-state index in [2.05, 4.69) is 0 Å². The molecule has 0 spiro atoms. The summed E-state index contributed by atoms with van der Waals surface area (Å²) in [5, 5.41) is 1.93. The van der Waals surface area contributed by atoms with Gasteiger partial charge < -0.3 is 14.8 Å². The van der Waals surface area contributed by atoms with E-state index in [4.69, 9.17) is 9.47 Å². The number of nitrogens with one attached hydrogen (secondary N) is 1. The first-order chi connectivity index (χ1) is 9.29. The van der Waals surface area contributed by atoms with Crippen LogP contribution >= 0.6 is 0 Å². The van der Waals surface area contributed by atoms with Crippen molar-refractivity contribution in [2.24, 2.45) is 0 Å². The third-order valence-electron chi connectivity index (χ3n) is 2.79. The summed E-state index contributed by atoms with van der Waals surface area (Å²) in [5.74, 6) is -0.392. The number of alkyl halides is 3. The number of halogens is 3. The second-order valence-corrected chi connectivity index (χ2v) is 4.13. The van der Waals surface area contributed by atoms with Gasteiger partial charge in [-0.2, -0.15) is 13.2 Å². The van der Waals surface area contributed by atoms with Gasteiger partial charge in [-0.3, -0.25) is 4.79 Å². The van der Waals surface area contributed by atoms with E-state index >= 15 is 0 Å². The SMILES string of the molecule is COc1ccc([C@H](NC(=O)[C@@H](C)OC)C(F)(F)F)cc1. The molecular formula is C13H16F3NO3. The molecule has 112 valence electrons. The summed E-state index contributed by atoms with van der Waals surface area (Å²) in [4.78, 5) is 11.6. The fraction of sp³-hybridized carbons (Fsp3) is 0.462. The maximum absolute atomic E-state index is 13.0. The normalized spacial score (nSPS) is 14.5. The van der Waals surface area contributed by atoms with Crippen LogP contribution in [-0.4, -0.2) is 32.4 Å². The van der Waals surface area contributed by atoms with Gasteiger partial charge in [-0.1, -0.05) is 12.1 Å². The van der Waals surface area contributed by atoms with Gasteiger partial charge in [-0.05, 0) is 24.6 Å². The zero-order chi connectivity index (χ0) is 15.3. The molecule has 2 atom stereocenters. The Bertz CT molecular complexity index is 445. The van der Waals surface area contributed by atoms with Crippen molar-refractivity contribution in [3.05, 3.63) is 29.8 Å². The van der Waals surface area contributed by atoms with Gasteiger partial charge in [0.2, 0.25) is 5.91 Å². The molecule has 0 aliphatic rings. The lowest BCUT2D eigenvalue weighted by atomic mass is 10.1. The predicted octanol–water partition coefficient (Wildman–Crippen LogP) is 2.45. The summed E-state index contributed by atoms with van der Waals surface area (Å²) in [6.45, 7) is 1.37. The Morgan fingerprint density at radius 1 is 1.20 bits per heavy atom. The molecule has 0 unspecified atom stereocenters. The number of ether oxygens (including phenoxy) is 2. The summed E-state index contributed by atoms with van der Waals surface area (Å²) in [5.41, 5.74) is -0.0741. The van der Waals surface area contributed by atoms with Crippen LogP contribution in [0.4, 0.5) is 13.2 Å². The van der Waals surface area contributed by atoms with E-state index < -0.39 is 24.2 Å². The lowest BCUT2D eigenvalue weighted by Crippen LogP contribution is -2.42. The van der Waals surface area contributed by atoms with Crippen molar-refractivity contribution in [3.8, 4) is 5.75 Å². The standard InChI is InChI=1S/C13H16F3NO3/c1-8(19-2)12(18)17-11(13(14,15)16)9-4-6-10(20-3)7-5-9/h4-8,11H,1-3H3,(H,17,18)/t8-,11+/m1/s1. The van der Waals surface area contributed by atoms with Crippen LogP contribution < -0.4 is 10.1 Å². The molecule has 0 aromatic heterocycles. The number of amides is 1.